The van der Waals surface area contributed by atoms with Gasteiger partial charge in [-0.1, -0.05) is 17.9 Å². The zero-order valence-electron chi connectivity index (χ0n) is 18.1. The highest BCUT2D eigenvalue weighted by Crippen LogP contribution is 2.24. The van der Waals surface area contributed by atoms with Crippen LogP contribution in [0.2, 0.25) is 0 Å². The molecule has 0 spiro atoms. The van der Waals surface area contributed by atoms with Gasteiger partial charge in [-0.2, -0.15) is 0 Å². The number of aryl methyl sites for hydroxylation is 1. The normalized spacial score (nSPS) is 16.6. The molecule has 1 aliphatic heterocycles. The van der Waals surface area contributed by atoms with E-state index in [4.69, 9.17) is 0 Å². The van der Waals surface area contributed by atoms with Crippen molar-refractivity contribution in [1.29, 1.82) is 0 Å². The predicted octanol–water partition coefficient (Wildman–Crippen LogP) is 1.84. The molecule has 3 amide bonds. The number of nitrogens with zero attached hydrogens (tertiary/aromatic N) is 3. The lowest BCUT2D eigenvalue weighted by Gasteiger charge is -2.32. The quantitative estimate of drug-likeness (QED) is 0.574. The van der Waals surface area contributed by atoms with Crippen molar-refractivity contribution in [3.63, 3.8) is 0 Å². The van der Waals surface area contributed by atoms with Gasteiger partial charge in [0.1, 0.15) is 6.04 Å². The first-order valence-corrected chi connectivity index (χ1v) is 10.1. The molecule has 9 nitrogen and oxygen atoms in total. The van der Waals surface area contributed by atoms with Crippen LogP contribution in [0, 0.1) is 11.8 Å². The number of fused-ring (bicyclic) bond motifs is 1. The van der Waals surface area contributed by atoms with E-state index in [-0.39, 0.29) is 31.0 Å². The van der Waals surface area contributed by atoms with Gasteiger partial charge in [0, 0.05) is 32.0 Å². The lowest BCUT2D eigenvalue weighted by molar-refractivity contribution is -0.135. The number of amides is 3. The largest absolute Gasteiger partial charge is 0.465 e. The van der Waals surface area contributed by atoms with Gasteiger partial charge in [0.15, 0.2) is 0 Å². The minimum absolute atomic E-state index is 0.173. The first kappa shape index (κ1) is 22.2. The van der Waals surface area contributed by atoms with E-state index in [0.717, 1.165) is 0 Å². The van der Waals surface area contributed by atoms with E-state index in [9.17, 15) is 24.3 Å². The van der Waals surface area contributed by atoms with Crippen LogP contribution in [0.15, 0.2) is 23.0 Å². The predicted molar refractivity (Wildman–Crippen MR) is 115 cm³/mol. The van der Waals surface area contributed by atoms with E-state index in [1.807, 2.05) is 20.8 Å². The number of imidazole rings is 1. The average molecular weight is 426 g/mol. The van der Waals surface area contributed by atoms with Crippen LogP contribution in [0.5, 0.6) is 0 Å². The molecule has 1 aromatic heterocycles. The standard InChI is InChI=1S/C22H26N4O5/c1-22(2,3)25(21(30)31)13-6-5-8-14-9-7-10-15-18(14)24(4)20(29)26(15)16-11-12-17(27)23-19(16)28/h7,9-10,16H,6,11-13H2,1-4H3,(H,30,31)(H,23,27,28). The van der Waals surface area contributed by atoms with E-state index in [1.165, 1.54) is 14.0 Å². The Hall–Kier alpha value is -3.54. The fraction of sp³-hybridized carbons (Fsp3) is 0.455. The number of hydrogen-bond donors (Lipinski definition) is 2. The van der Waals surface area contributed by atoms with Crippen LogP contribution in [-0.2, 0) is 16.6 Å². The molecule has 0 saturated carbocycles. The molecule has 0 radical (unpaired) electrons. The Morgan fingerprint density at radius 1 is 1.29 bits per heavy atom. The Morgan fingerprint density at radius 3 is 2.61 bits per heavy atom. The van der Waals surface area contributed by atoms with Crippen LogP contribution in [0.1, 0.15) is 51.6 Å². The van der Waals surface area contributed by atoms with Crippen LogP contribution in [0.4, 0.5) is 4.79 Å². The van der Waals surface area contributed by atoms with Gasteiger partial charge in [0.2, 0.25) is 11.8 Å². The van der Waals surface area contributed by atoms with Crippen molar-refractivity contribution in [2.24, 2.45) is 7.05 Å². The van der Waals surface area contributed by atoms with Gasteiger partial charge in [0.05, 0.1) is 16.6 Å². The average Bonchev–Trinajstić information content (AvgIpc) is 2.92. The summed E-state index contributed by atoms with van der Waals surface area (Å²) in [6, 6.07) is 4.53. The number of hydrogen-bond acceptors (Lipinski definition) is 4. The molecule has 1 aromatic carbocycles. The summed E-state index contributed by atoms with van der Waals surface area (Å²) in [6.45, 7) is 5.73. The smallest absolute Gasteiger partial charge is 0.407 e. The Labute approximate surface area is 179 Å². The van der Waals surface area contributed by atoms with Gasteiger partial charge >= 0.3 is 11.8 Å². The molecule has 3 rings (SSSR count). The summed E-state index contributed by atoms with van der Waals surface area (Å²) in [5.74, 6) is 5.21. The first-order valence-electron chi connectivity index (χ1n) is 10.1. The summed E-state index contributed by atoms with van der Waals surface area (Å²) >= 11 is 0. The molecular formula is C22H26N4O5. The fourth-order valence-corrected chi connectivity index (χ4v) is 3.81. The Balaban J connectivity index is 1.94. The highest BCUT2D eigenvalue weighted by molar-refractivity contribution is 6.00. The summed E-state index contributed by atoms with van der Waals surface area (Å²) in [6.07, 6.45) is -0.230. The highest BCUT2D eigenvalue weighted by atomic mass is 16.4. The molecule has 0 bridgehead atoms. The van der Waals surface area contributed by atoms with E-state index >= 15 is 0 Å². The maximum atomic E-state index is 12.9. The third-order valence-electron chi connectivity index (χ3n) is 5.35. The lowest BCUT2D eigenvalue weighted by Crippen LogP contribution is -2.45. The van der Waals surface area contributed by atoms with Crippen molar-refractivity contribution in [2.75, 3.05) is 6.54 Å². The van der Waals surface area contributed by atoms with E-state index in [1.54, 1.807) is 25.2 Å². The molecule has 9 heteroatoms. The van der Waals surface area contributed by atoms with Crippen molar-refractivity contribution in [2.45, 2.75) is 51.6 Å². The van der Waals surface area contributed by atoms with Gasteiger partial charge in [-0.15, -0.1) is 0 Å². The molecule has 1 aliphatic rings. The third-order valence-corrected chi connectivity index (χ3v) is 5.35. The second-order valence-electron chi connectivity index (χ2n) is 8.51. The van der Waals surface area contributed by atoms with Gasteiger partial charge in [-0.25, -0.2) is 9.59 Å². The van der Waals surface area contributed by atoms with Gasteiger partial charge < -0.3 is 10.0 Å². The summed E-state index contributed by atoms with van der Waals surface area (Å²) in [5.41, 5.74) is 0.881. The van der Waals surface area contributed by atoms with Crippen molar-refractivity contribution in [3.8, 4) is 11.8 Å². The zero-order valence-corrected chi connectivity index (χ0v) is 18.1. The Kier molecular flexibility index (Phi) is 5.93. The van der Waals surface area contributed by atoms with E-state index in [0.29, 0.717) is 23.0 Å². The fourth-order valence-electron chi connectivity index (χ4n) is 3.81. The molecule has 1 saturated heterocycles. The molecule has 1 unspecified atom stereocenters. The SMILES string of the molecule is Cn1c(=O)n(C2CCC(=O)NC2=O)c2cccc(C#CCCN(C(=O)O)C(C)(C)C)c21. The molecule has 2 N–H and O–H groups in total. The lowest BCUT2D eigenvalue weighted by atomic mass is 10.1. The number of para-hydroxylation sites is 1. The molecular weight excluding hydrogens is 400 g/mol. The number of carbonyl (C=O) groups excluding carboxylic acids is 2. The second kappa shape index (κ2) is 8.30. The molecule has 31 heavy (non-hydrogen) atoms. The maximum absolute atomic E-state index is 12.9. The van der Waals surface area contributed by atoms with Crippen LogP contribution in [0.3, 0.4) is 0 Å². The van der Waals surface area contributed by atoms with Crippen LogP contribution < -0.4 is 11.0 Å². The van der Waals surface area contributed by atoms with Crippen molar-refractivity contribution in [1.82, 2.24) is 19.4 Å². The number of benzene rings is 1. The summed E-state index contributed by atoms with van der Waals surface area (Å²) in [7, 11) is 1.62. The molecule has 1 fully saturated rings. The number of rotatable bonds is 3. The summed E-state index contributed by atoms with van der Waals surface area (Å²) < 4.78 is 2.86. The molecule has 1 atom stereocenters. The maximum Gasteiger partial charge on any atom is 0.407 e. The second-order valence-corrected chi connectivity index (χ2v) is 8.51. The van der Waals surface area contributed by atoms with Gasteiger partial charge in [0.25, 0.3) is 0 Å². The summed E-state index contributed by atoms with van der Waals surface area (Å²) in [5, 5.41) is 11.7. The van der Waals surface area contributed by atoms with Crippen LogP contribution >= 0.6 is 0 Å². The first-order chi connectivity index (χ1) is 14.5. The van der Waals surface area contributed by atoms with Crippen LogP contribution in [0.25, 0.3) is 11.0 Å². The summed E-state index contributed by atoms with van der Waals surface area (Å²) in [4.78, 5) is 49.5. The minimum atomic E-state index is -1.000. The number of imide groups is 1. The van der Waals surface area contributed by atoms with Crippen molar-refractivity contribution < 1.29 is 19.5 Å². The zero-order chi connectivity index (χ0) is 22.9. The van der Waals surface area contributed by atoms with Crippen molar-refractivity contribution in [3.05, 3.63) is 34.2 Å². The Morgan fingerprint density at radius 2 is 2.00 bits per heavy atom. The molecule has 2 heterocycles. The third kappa shape index (κ3) is 4.33. The monoisotopic (exact) mass is 426 g/mol. The van der Waals surface area contributed by atoms with E-state index in [2.05, 4.69) is 17.2 Å². The van der Waals surface area contributed by atoms with Crippen LogP contribution in [-0.4, -0.2) is 49.1 Å². The topological polar surface area (TPSA) is 114 Å². The van der Waals surface area contributed by atoms with Gasteiger partial charge in [-0.05, 0) is 39.3 Å². The number of piperidine rings is 1. The Bertz CT molecular complexity index is 1170. The highest BCUT2D eigenvalue weighted by Gasteiger charge is 2.31. The number of nitrogens with one attached hydrogen (secondary N) is 1. The molecule has 2 aromatic rings. The molecule has 0 aliphatic carbocycles. The number of aromatic nitrogens is 2. The number of carboxylic acid groups (broad SMARTS) is 1. The molecule has 164 valence electrons. The minimum Gasteiger partial charge on any atom is -0.465 e. The van der Waals surface area contributed by atoms with Gasteiger partial charge in [-0.3, -0.25) is 24.0 Å². The number of carbonyl (C=O) groups is 3. The van der Waals surface area contributed by atoms with E-state index < -0.39 is 23.6 Å². The van der Waals surface area contributed by atoms with Crippen molar-refractivity contribution >= 4 is 28.9 Å².